The number of fused-ring (bicyclic) bond motifs is 10. The standard InChI is InChI=1S/C46H25F3N4O2/c47-46(48,49)32-25-31(45-51-43(26-13-3-1-4-14-26)50-44(52-45)27-15-5-2-6-16-27)38-29-18-8-12-22-36(29)55-42(38)41(32)53-33-20-10-7-17-28(33)39-34(53)23-24-37-40(39)30-19-9-11-21-35(30)54-37/h1-25H. The molecule has 0 bridgehead atoms. The molecule has 6 nitrogen and oxygen atoms in total. The predicted molar refractivity (Wildman–Crippen MR) is 210 cm³/mol. The molecule has 4 aromatic heterocycles. The van der Waals surface area contributed by atoms with Crippen LogP contribution in [0.15, 0.2) is 160 Å². The molecule has 0 spiro atoms. The van der Waals surface area contributed by atoms with Crippen molar-refractivity contribution in [2.45, 2.75) is 6.18 Å². The summed E-state index contributed by atoms with van der Waals surface area (Å²) in [5.41, 5.74) is 3.58. The first-order valence-electron chi connectivity index (χ1n) is 17.7. The number of alkyl halides is 3. The van der Waals surface area contributed by atoms with E-state index in [1.807, 2.05) is 133 Å². The Labute approximate surface area is 309 Å². The van der Waals surface area contributed by atoms with Gasteiger partial charge in [-0.15, -0.1) is 0 Å². The van der Waals surface area contributed by atoms with E-state index in [0.29, 0.717) is 61.3 Å². The van der Waals surface area contributed by atoms with Crippen molar-refractivity contribution in [1.82, 2.24) is 19.5 Å². The highest BCUT2D eigenvalue weighted by molar-refractivity contribution is 6.28. The summed E-state index contributed by atoms with van der Waals surface area (Å²) in [7, 11) is 0. The minimum Gasteiger partial charge on any atom is -0.456 e. The fraction of sp³-hybridized carbons (Fsp3) is 0.0217. The fourth-order valence-corrected chi connectivity index (χ4v) is 7.95. The molecule has 0 unspecified atom stereocenters. The number of benzene rings is 7. The zero-order valence-corrected chi connectivity index (χ0v) is 28.7. The third-order valence-electron chi connectivity index (χ3n) is 10.3. The Hall–Kier alpha value is -7.26. The second-order valence-corrected chi connectivity index (χ2v) is 13.4. The first kappa shape index (κ1) is 31.3. The Morgan fingerprint density at radius 1 is 0.455 bits per heavy atom. The Balaban J connectivity index is 1.30. The van der Waals surface area contributed by atoms with Gasteiger partial charge in [0.2, 0.25) is 0 Å². The zero-order chi connectivity index (χ0) is 36.8. The van der Waals surface area contributed by atoms with Crippen LogP contribution in [0.1, 0.15) is 5.56 Å². The number of furan rings is 2. The van der Waals surface area contributed by atoms with Gasteiger partial charge in [-0.05, 0) is 36.4 Å². The number of halogens is 3. The van der Waals surface area contributed by atoms with E-state index >= 15 is 13.2 Å². The number of nitrogens with zero attached hydrogens (tertiary/aromatic N) is 4. The molecule has 7 aromatic carbocycles. The van der Waals surface area contributed by atoms with E-state index in [2.05, 4.69) is 0 Å². The monoisotopic (exact) mass is 722 g/mol. The summed E-state index contributed by atoms with van der Waals surface area (Å²) in [6.07, 6.45) is -4.82. The number of aromatic nitrogens is 4. The average molecular weight is 723 g/mol. The van der Waals surface area contributed by atoms with E-state index in [4.69, 9.17) is 23.8 Å². The minimum absolute atomic E-state index is 0.0637. The molecule has 0 N–H and O–H groups in total. The lowest BCUT2D eigenvalue weighted by Gasteiger charge is -2.18. The third kappa shape index (κ3) is 4.72. The molecule has 0 fully saturated rings. The topological polar surface area (TPSA) is 69.9 Å². The summed E-state index contributed by atoms with van der Waals surface area (Å²) in [5.74, 6) is 0.763. The molecular formula is C46H25F3N4O2. The summed E-state index contributed by atoms with van der Waals surface area (Å²) < 4.78 is 62.2. The molecule has 55 heavy (non-hydrogen) atoms. The van der Waals surface area contributed by atoms with E-state index in [0.717, 1.165) is 21.5 Å². The van der Waals surface area contributed by atoms with Crippen molar-refractivity contribution in [3.63, 3.8) is 0 Å². The van der Waals surface area contributed by atoms with Gasteiger partial charge in [0.15, 0.2) is 23.1 Å². The van der Waals surface area contributed by atoms with Crippen molar-refractivity contribution >= 4 is 65.7 Å². The van der Waals surface area contributed by atoms with E-state index in [9.17, 15) is 0 Å². The molecule has 0 atom stereocenters. The van der Waals surface area contributed by atoms with Crippen LogP contribution in [0, 0.1) is 0 Å². The van der Waals surface area contributed by atoms with Crippen molar-refractivity contribution < 1.29 is 22.0 Å². The van der Waals surface area contributed by atoms with Gasteiger partial charge in [-0.2, -0.15) is 13.2 Å². The van der Waals surface area contributed by atoms with Crippen molar-refractivity contribution in [2.75, 3.05) is 0 Å². The highest BCUT2D eigenvalue weighted by Gasteiger charge is 2.39. The lowest BCUT2D eigenvalue weighted by molar-refractivity contribution is -0.137. The molecule has 4 heterocycles. The fourth-order valence-electron chi connectivity index (χ4n) is 7.95. The van der Waals surface area contributed by atoms with Gasteiger partial charge in [-0.1, -0.05) is 115 Å². The smallest absolute Gasteiger partial charge is 0.418 e. The molecule has 262 valence electrons. The van der Waals surface area contributed by atoms with Crippen LogP contribution in [0.5, 0.6) is 0 Å². The summed E-state index contributed by atoms with van der Waals surface area (Å²) in [5, 5.41) is 4.38. The van der Waals surface area contributed by atoms with Crippen LogP contribution in [0.2, 0.25) is 0 Å². The maximum atomic E-state index is 15.9. The Morgan fingerprint density at radius 3 is 1.65 bits per heavy atom. The lowest BCUT2D eigenvalue weighted by atomic mass is 9.99. The highest BCUT2D eigenvalue weighted by atomic mass is 19.4. The molecule has 0 aliphatic heterocycles. The van der Waals surface area contributed by atoms with Gasteiger partial charge in [0.1, 0.15) is 22.4 Å². The van der Waals surface area contributed by atoms with Crippen molar-refractivity contribution in [2.24, 2.45) is 0 Å². The Bertz CT molecular complexity index is 3250. The van der Waals surface area contributed by atoms with Crippen molar-refractivity contribution in [1.29, 1.82) is 0 Å². The van der Waals surface area contributed by atoms with E-state index in [-0.39, 0.29) is 22.7 Å². The van der Waals surface area contributed by atoms with E-state index in [1.54, 1.807) is 16.7 Å². The first-order valence-corrected chi connectivity index (χ1v) is 17.7. The third-order valence-corrected chi connectivity index (χ3v) is 10.3. The summed E-state index contributed by atoms with van der Waals surface area (Å²) in [4.78, 5) is 14.5. The Morgan fingerprint density at radius 2 is 1.00 bits per heavy atom. The molecule has 0 saturated carbocycles. The van der Waals surface area contributed by atoms with Gasteiger partial charge >= 0.3 is 6.18 Å². The van der Waals surface area contributed by atoms with E-state index < -0.39 is 11.7 Å². The normalized spacial score (nSPS) is 12.3. The Kier molecular flexibility index (Phi) is 6.61. The van der Waals surface area contributed by atoms with Crippen LogP contribution in [-0.4, -0.2) is 19.5 Å². The van der Waals surface area contributed by atoms with E-state index in [1.165, 1.54) is 6.07 Å². The van der Waals surface area contributed by atoms with Crippen molar-refractivity contribution in [3.8, 4) is 39.9 Å². The maximum Gasteiger partial charge on any atom is 0.418 e. The van der Waals surface area contributed by atoms with Crippen LogP contribution < -0.4 is 0 Å². The quantitative estimate of drug-likeness (QED) is 0.181. The number of rotatable bonds is 4. The summed E-state index contributed by atoms with van der Waals surface area (Å²) in [6.45, 7) is 0. The second kappa shape index (κ2) is 11.6. The summed E-state index contributed by atoms with van der Waals surface area (Å²) >= 11 is 0. The number of para-hydroxylation sites is 3. The maximum absolute atomic E-state index is 15.9. The molecule has 9 heteroatoms. The molecule has 11 rings (SSSR count). The summed E-state index contributed by atoms with van der Waals surface area (Å²) in [6, 6.07) is 46.0. The molecule has 0 aliphatic carbocycles. The molecule has 0 saturated heterocycles. The number of hydrogen-bond donors (Lipinski definition) is 0. The average Bonchev–Trinajstić information content (AvgIpc) is 3.90. The van der Waals surface area contributed by atoms with Crippen LogP contribution in [-0.2, 0) is 6.18 Å². The van der Waals surface area contributed by atoms with Crippen molar-refractivity contribution in [3.05, 3.63) is 157 Å². The minimum atomic E-state index is -4.82. The first-order chi connectivity index (χ1) is 26.9. The van der Waals surface area contributed by atoms with Crippen LogP contribution in [0.3, 0.4) is 0 Å². The molecule has 0 aliphatic rings. The second-order valence-electron chi connectivity index (χ2n) is 13.4. The van der Waals surface area contributed by atoms with Gasteiger partial charge in [0.05, 0.1) is 16.6 Å². The van der Waals surface area contributed by atoms with Gasteiger partial charge in [-0.3, -0.25) is 0 Å². The van der Waals surface area contributed by atoms with Gasteiger partial charge < -0.3 is 13.4 Å². The van der Waals surface area contributed by atoms with Gasteiger partial charge in [-0.25, -0.2) is 15.0 Å². The predicted octanol–water partition coefficient (Wildman–Crippen LogP) is 12.8. The van der Waals surface area contributed by atoms with Crippen LogP contribution in [0.25, 0.3) is 106 Å². The van der Waals surface area contributed by atoms with Gasteiger partial charge in [0.25, 0.3) is 0 Å². The largest absolute Gasteiger partial charge is 0.456 e. The SMILES string of the molecule is FC(F)(F)c1cc(-c2nc(-c3ccccc3)nc(-c3ccccc3)n2)c2c(oc3ccccc32)c1-n1c2ccccc2c2c3c(ccc21)oc1ccccc13. The molecule has 0 radical (unpaired) electrons. The molecule has 0 amide bonds. The van der Waals surface area contributed by atoms with Crippen LogP contribution in [0.4, 0.5) is 13.2 Å². The zero-order valence-electron chi connectivity index (χ0n) is 28.7. The lowest BCUT2D eigenvalue weighted by Crippen LogP contribution is -2.12. The highest BCUT2D eigenvalue weighted by Crippen LogP contribution is 2.49. The number of hydrogen-bond acceptors (Lipinski definition) is 5. The van der Waals surface area contributed by atoms with Crippen LogP contribution >= 0.6 is 0 Å². The molecular weight excluding hydrogens is 698 g/mol. The van der Waals surface area contributed by atoms with Gasteiger partial charge in [0, 0.05) is 49.0 Å². The molecule has 11 aromatic rings.